The Labute approximate surface area is 102 Å². The summed E-state index contributed by atoms with van der Waals surface area (Å²) in [6.07, 6.45) is 1.46. The number of carbonyl (C=O) groups is 1. The standard InChI is InChI=1S/C13H20N2O2/c1-10-4-6-11(7-5-10)12(14)13(17)15-8-2-3-9-16/h4-7,12,16H,2-3,8-9,14H2,1H3,(H,15,17). The van der Waals surface area contributed by atoms with Gasteiger partial charge < -0.3 is 16.2 Å². The highest BCUT2D eigenvalue weighted by molar-refractivity contribution is 5.82. The first-order valence-electron chi connectivity index (χ1n) is 5.86. The Hall–Kier alpha value is -1.39. The van der Waals surface area contributed by atoms with Crippen LogP contribution in [0.5, 0.6) is 0 Å². The molecule has 4 nitrogen and oxygen atoms in total. The Morgan fingerprint density at radius 1 is 1.35 bits per heavy atom. The van der Waals surface area contributed by atoms with Crippen LogP contribution in [0.3, 0.4) is 0 Å². The number of aliphatic hydroxyl groups is 1. The van der Waals surface area contributed by atoms with Crippen molar-refractivity contribution in [1.29, 1.82) is 0 Å². The number of nitrogens with one attached hydrogen (secondary N) is 1. The van der Waals surface area contributed by atoms with E-state index in [4.69, 9.17) is 10.8 Å². The highest BCUT2D eigenvalue weighted by Gasteiger charge is 2.14. The molecule has 94 valence electrons. The summed E-state index contributed by atoms with van der Waals surface area (Å²) < 4.78 is 0. The predicted octanol–water partition coefficient (Wildman–Crippen LogP) is 0.884. The number of rotatable bonds is 6. The van der Waals surface area contributed by atoms with E-state index in [1.165, 1.54) is 0 Å². The summed E-state index contributed by atoms with van der Waals surface area (Å²) in [5, 5.41) is 11.4. The molecular weight excluding hydrogens is 216 g/mol. The molecule has 0 heterocycles. The highest BCUT2D eigenvalue weighted by atomic mass is 16.2. The van der Waals surface area contributed by atoms with Gasteiger partial charge in [0.1, 0.15) is 6.04 Å². The van der Waals surface area contributed by atoms with Gasteiger partial charge in [-0.1, -0.05) is 29.8 Å². The van der Waals surface area contributed by atoms with E-state index in [0.717, 1.165) is 17.5 Å². The van der Waals surface area contributed by atoms with Crippen LogP contribution in [-0.2, 0) is 4.79 Å². The lowest BCUT2D eigenvalue weighted by atomic mass is 10.1. The molecule has 0 saturated heterocycles. The van der Waals surface area contributed by atoms with Crippen LogP contribution in [-0.4, -0.2) is 24.2 Å². The lowest BCUT2D eigenvalue weighted by Gasteiger charge is -2.12. The maximum absolute atomic E-state index is 11.7. The maximum atomic E-state index is 11.7. The van der Waals surface area contributed by atoms with Crippen molar-refractivity contribution in [2.75, 3.05) is 13.2 Å². The fraction of sp³-hybridized carbons (Fsp3) is 0.462. The number of amides is 1. The first-order chi connectivity index (χ1) is 8.15. The van der Waals surface area contributed by atoms with E-state index < -0.39 is 6.04 Å². The Balaban J connectivity index is 2.43. The smallest absolute Gasteiger partial charge is 0.241 e. The van der Waals surface area contributed by atoms with Crippen LogP contribution in [0.4, 0.5) is 0 Å². The molecule has 1 aromatic carbocycles. The molecule has 0 spiro atoms. The Kier molecular flexibility index (Phi) is 5.66. The van der Waals surface area contributed by atoms with Crippen LogP contribution in [0.25, 0.3) is 0 Å². The third-order valence-electron chi connectivity index (χ3n) is 2.60. The third-order valence-corrected chi connectivity index (χ3v) is 2.60. The molecule has 4 heteroatoms. The van der Waals surface area contributed by atoms with Crippen LogP contribution in [0, 0.1) is 6.92 Å². The van der Waals surface area contributed by atoms with E-state index in [1.54, 1.807) is 0 Å². The third kappa shape index (κ3) is 4.54. The van der Waals surface area contributed by atoms with Crippen molar-refractivity contribution in [2.24, 2.45) is 5.73 Å². The van der Waals surface area contributed by atoms with Gasteiger partial charge in [-0.15, -0.1) is 0 Å². The molecule has 0 saturated carbocycles. The fourth-order valence-corrected chi connectivity index (χ4v) is 1.48. The molecule has 0 bridgehead atoms. The minimum atomic E-state index is -0.621. The largest absolute Gasteiger partial charge is 0.396 e. The molecule has 4 N–H and O–H groups in total. The van der Waals surface area contributed by atoms with Gasteiger partial charge in [0.05, 0.1) is 0 Å². The molecule has 1 amide bonds. The van der Waals surface area contributed by atoms with Gasteiger partial charge >= 0.3 is 0 Å². The van der Waals surface area contributed by atoms with Gasteiger partial charge in [0.25, 0.3) is 0 Å². The van der Waals surface area contributed by atoms with Crippen LogP contribution >= 0.6 is 0 Å². The fourth-order valence-electron chi connectivity index (χ4n) is 1.48. The van der Waals surface area contributed by atoms with Crippen molar-refractivity contribution in [2.45, 2.75) is 25.8 Å². The minimum absolute atomic E-state index is 0.153. The van der Waals surface area contributed by atoms with Gasteiger partial charge in [0, 0.05) is 13.2 Å². The van der Waals surface area contributed by atoms with Crippen LogP contribution in [0.2, 0.25) is 0 Å². The quantitative estimate of drug-likeness (QED) is 0.642. The van der Waals surface area contributed by atoms with Gasteiger partial charge in [-0.3, -0.25) is 4.79 Å². The number of hydrogen-bond acceptors (Lipinski definition) is 3. The summed E-state index contributed by atoms with van der Waals surface area (Å²) in [5.41, 5.74) is 7.80. The lowest BCUT2D eigenvalue weighted by Crippen LogP contribution is -2.34. The molecular formula is C13H20N2O2. The summed E-state index contributed by atoms with van der Waals surface area (Å²) >= 11 is 0. The van der Waals surface area contributed by atoms with E-state index in [2.05, 4.69) is 5.32 Å². The van der Waals surface area contributed by atoms with Crippen molar-refractivity contribution in [3.8, 4) is 0 Å². The molecule has 0 aliphatic carbocycles. The molecule has 0 radical (unpaired) electrons. The number of hydrogen-bond donors (Lipinski definition) is 3. The molecule has 1 unspecified atom stereocenters. The lowest BCUT2D eigenvalue weighted by molar-refractivity contribution is -0.122. The summed E-state index contributed by atoms with van der Waals surface area (Å²) in [6.45, 7) is 2.70. The Bertz CT molecular complexity index is 349. The molecule has 0 aromatic heterocycles. The van der Waals surface area contributed by atoms with Gasteiger partial charge in [-0.05, 0) is 25.3 Å². The summed E-state index contributed by atoms with van der Waals surface area (Å²) in [4.78, 5) is 11.7. The van der Waals surface area contributed by atoms with E-state index >= 15 is 0 Å². The first kappa shape index (κ1) is 13.7. The molecule has 0 fully saturated rings. The molecule has 0 aliphatic rings. The monoisotopic (exact) mass is 236 g/mol. The van der Waals surface area contributed by atoms with Crippen molar-refractivity contribution in [1.82, 2.24) is 5.32 Å². The van der Waals surface area contributed by atoms with E-state index in [9.17, 15) is 4.79 Å². The Morgan fingerprint density at radius 2 is 2.00 bits per heavy atom. The average molecular weight is 236 g/mol. The van der Waals surface area contributed by atoms with E-state index in [1.807, 2.05) is 31.2 Å². The molecule has 17 heavy (non-hydrogen) atoms. The summed E-state index contributed by atoms with van der Waals surface area (Å²) in [5.74, 6) is -0.174. The normalized spacial score (nSPS) is 12.2. The Morgan fingerprint density at radius 3 is 2.59 bits per heavy atom. The summed E-state index contributed by atoms with van der Waals surface area (Å²) in [6, 6.07) is 6.99. The van der Waals surface area contributed by atoms with Crippen molar-refractivity contribution >= 4 is 5.91 Å². The number of nitrogens with two attached hydrogens (primary N) is 1. The number of carbonyl (C=O) groups excluding carboxylic acids is 1. The van der Waals surface area contributed by atoms with Gasteiger partial charge in [0.2, 0.25) is 5.91 Å². The zero-order chi connectivity index (χ0) is 12.7. The van der Waals surface area contributed by atoms with Gasteiger partial charge in [-0.2, -0.15) is 0 Å². The molecule has 0 aliphatic heterocycles. The highest BCUT2D eigenvalue weighted by Crippen LogP contribution is 2.11. The van der Waals surface area contributed by atoms with Crippen molar-refractivity contribution in [3.05, 3.63) is 35.4 Å². The number of aryl methyl sites for hydroxylation is 1. The average Bonchev–Trinajstić information content (AvgIpc) is 2.34. The van der Waals surface area contributed by atoms with Gasteiger partial charge in [0.15, 0.2) is 0 Å². The molecule has 1 rings (SSSR count). The van der Waals surface area contributed by atoms with E-state index in [-0.39, 0.29) is 12.5 Å². The van der Waals surface area contributed by atoms with Crippen molar-refractivity contribution < 1.29 is 9.90 Å². The van der Waals surface area contributed by atoms with Crippen molar-refractivity contribution in [3.63, 3.8) is 0 Å². The number of aliphatic hydroxyl groups excluding tert-OH is 1. The number of benzene rings is 1. The SMILES string of the molecule is Cc1ccc(C(N)C(=O)NCCCCO)cc1. The second-order valence-corrected chi connectivity index (χ2v) is 4.11. The maximum Gasteiger partial charge on any atom is 0.241 e. The topological polar surface area (TPSA) is 75.4 Å². The van der Waals surface area contributed by atoms with Crippen LogP contribution in [0.15, 0.2) is 24.3 Å². The zero-order valence-electron chi connectivity index (χ0n) is 10.1. The zero-order valence-corrected chi connectivity index (χ0v) is 10.1. The first-order valence-corrected chi connectivity index (χ1v) is 5.86. The van der Waals surface area contributed by atoms with Crippen LogP contribution < -0.4 is 11.1 Å². The number of unbranched alkanes of at least 4 members (excludes halogenated alkanes) is 1. The van der Waals surface area contributed by atoms with E-state index in [0.29, 0.717) is 13.0 Å². The molecule has 1 atom stereocenters. The molecule has 1 aromatic rings. The van der Waals surface area contributed by atoms with Crippen LogP contribution in [0.1, 0.15) is 30.0 Å². The second-order valence-electron chi connectivity index (χ2n) is 4.11. The van der Waals surface area contributed by atoms with Gasteiger partial charge in [-0.25, -0.2) is 0 Å². The minimum Gasteiger partial charge on any atom is -0.396 e. The second kappa shape index (κ2) is 7.04. The summed E-state index contributed by atoms with van der Waals surface area (Å²) in [7, 11) is 0. The predicted molar refractivity (Wildman–Crippen MR) is 67.4 cm³/mol.